The summed E-state index contributed by atoms with van der Waals surface area (Å²) in [7, 11) is 0. The van der Waals surface area contributed by atoms with E-state index >= 15 is 0 Å². The summed E-state index contributed by atoms with van der Waals surface area (Å²) in [6, 6.07) is 18.3. The first-order valence-electron chi connectivity index (χ1n) is 7.01. The van der Waals surface area contributed by atoms with Gasteiger partial charge in [-0.05, 0) is 23.6 Å². The molecule has 0 saturated carbocycles. The third kappa shape index (κ3) is 2.34. The minimum Gasteiger partial charge on any atom is -0.337 e. The van der Waals surface area contributed by atoms with E-state index in [-0.39, 0.29) is 0 Å². The fourth-order valence-electron chi connectivity index (χ4n) is 2.42. The van der Waals surface area contributed by atoms with Crippen molar-refractivity contribution in [2.75, 3.05) is 0 Å². The van der Waals surface area contributed by atoms with Crippen LogP contribution in [-0.2, 0) is 0 Å². The second-order valence-electron chi connectivity index (χ2n) is 4.89. The van der Waals surface area contributed by atoms with Gasteiger partial charge in [-0.25, -0.2) is 4.98 Å². The van der Waals surface area contributed by atoms with E-state index in [0.717, 1.165) is 28.3 Å². The Morgan fingerprint density at radius 2 is 1.73 bits per heavy atom. The van der Waals surface area contributed by atoms with Crippen LogP contribution in [0.4, 0.5) is 0 Å². The van der Waals surface area contributed by atoms with Crippen LogP contribution in [0.3, 0.4) is 0 Å². The second-order valence-corrected chi connectivity index (χ2v) is 5.84. The van der Waals surface area contributed by atoms with Crippen LogP contribution in [-0.4, -0.2) is 15.0 Å². The van der Waals surface area contributed by atoms with Gasteiger partial charge in [0.05, 0.1) is 16.3 Å². The number of nitrogens with zero attached hydrogens (tertiary/aromatic N) is 2. The fraction of sp³-hybridized carbons (Fsp3) is 0. The first kappa shape index (κ1) is 13.0. The summed E-state index contributed by atoms with van der Waals surface area (Å²) in [4.78, 5) is 13.6. The molecule has 22 heavy (non-hydrogen) atoms. The Labute approximate surface area is 132 Å². The summed E-state index contributed by atoms with van der Waals surface area (Å²) < 4.78 is 0. The largest absolute Gasteiger partial charge is 0.337 e. The van der Waals surface area contributed by atoms with E-state index in [0.29, 0.717) is 0 Å². The SMILES string of the molecule is c1ccc(-c2nc(-c3cccnc3)[nH]c2-c2cccs2)cc1. The van der Waals surface area contributed by atoms with Crippen LogP contribution in [0.1, 0.15) is 0 Å². The average Bonchev–Trinajstić information content (AvgIpc) is 3.26. The van der Waals surface area contributed by atoms with E-state index < -0.39 is 0 Å². The summed E-state index contributed by atoms with van der Waals surface area (Å²) in [5.41, 5.74) is 4.13. The Hall–Kier alpha value is -2.72. The van der Waals surface area contributed by atoms with Crippen molar-refractivity contribution in [3.63, 3.8) is 0 Å². The van der Waals surface area contributed by atoms with Gasteiger partial charge in [-0.1, -0.05) is 36.4 Å². The van der Waals surface area contributed by atoms with E-state index in [2.05, 4.69) is 39.6 Å². The minimum absolute atomic E-state index is 0.843. The molecule has 0 bridgehead atoms. The number of thiophene rings is 1. The molecule has 0 unspecified atom stereocenters. The van der Waals surface area contributed by atoms with E-state index in [4.69, 9.17) is 4.98 Å². The van der Waals surface area contributed by atoms with Gasteiger partial charge in [0.2, 0.25) is 0 Å². The van der Waals surface area contributed by atoms with Gasteiger partial charge in [-0.15, -0.1) is 11.3 Å². The quantitative estimate of drug-likeness (QED) is 0.587. The Balaban J connectivity index is 1.91. The van der Waals surface area contributed by atoms with Gasteiger partial charge in [0, 0.05) is 23.5 Å². The summed E-state index contributed by atoms with van der Waals surface area (Å²) in [5.74, 6) is 0.843. The van der Waals surface area contributed by atoms with E-state index in [1.165, 1.54) is 4.88 Å². The molecule has 106 valence electrons. The molecule has 0 atom stereocenters. The van der Waals surface area contributed by atoms with Crippen molar-refractivity contribution in [3.05, 3.63) is 72.4 Å². The second kappa shape index (κ2) is 5.58. The molecular weight excluding hydrogens is 290 g/mol. The van der Waals surface area contributed by atoms with Gasteiger partial charge in [-0.2, -0.15) is 0 Å². The van der Waals surface area contributed by atoms with E-state index in [9.17, 15) is 0 Å². The zero-order valence-electron chi connectivity index (χ0n) is 11.7. The van der Waals surface area contributed by atoms with Gasteiger partial charge >= 0.3 is 0 Å². The van der Waals surface area contributed by atoms with Crippen molar-refractivity contribution in [2.45, 2.75) is 0 Å². The van der Waals surface area contributed by atoms with Crippen molar-refractivity contribution in [1.82, 2.24) is 15.0 Å². The van der Waals surface area contributed by atoms with Gasteiger partial charge in [-0.3, -0.25) is 4.98 Å². The Morgan fingerprint density at radius 3 is 2.45 bits per heavy atom. The lowest BCUT2D eigenvalue weighted by Crippen LogP contribution is -1.81. The predicted molar refractivity (Wildman–Crippen MR) is 90.6 cm³/mol. The molecule has 0 aliphatic carbocycles. The lowest BCUT2D eigenvalue weighted by Gasteiger charge is -1.99. The Morgan fingerprint density at radius 1 is 0.864 bits per heavy atom. The maximum absolute atomic E-state index is 4.82. The maximum atomic E-state index is 4.82. The van der Waals surface area contributed by atoms with Crippen molar-refractivity contribution in [1.29, 1.82) is 0 Å². The number of imidazole rings is 1. The van der Waals surface area contributed by atoms with Crippen molar-refractivity contribution >= 4 is 11.3 Å². The first-order chi connectivity index (χ1) is 10.9. The summed E-state index contributed by atoms with van der Waals surface area (Å²) in [6.45, 7) is 0. The topological polar surface area (TPSA) is 41.6 Å². The molecule has 3 aromatic heterocycles. The molecule has 4 rings (SSSR count). The zero-order chi connectivity index (χ0) is 14.8. The number of hydrogen-bond acceptors (Lipinski definition) is 3. The molecule has 3 heterocycles. The Kier molecular flexibility index (Phi) is 3.29. The number of H-pyrrole nitrogens is 1. The molecule has 0 saturated heterocycles. The standard InChI is InChI=1S/C18H13N3S/c1-2-6-13(7-3-1)16-17(15-9-5-11-22-15)21-18(20-16)14-8-4-10-19-12-14/h1-12H,(H,20,21). The van der Waals surface area contributed by atoms with Crippen molar-refractivity contribution in [2.24, 2.45) is 0 Å². The molecule has 3 nitrogen and oxygen atoms in total. The normalized spacial score (nSPS) is 10.7. The highest BCUT2D eigenvalue weighted by molar-refractivity contribution is 7.13. The number of hydrogen-bond donors (Lipinski definition) is 1. The number of pyridine rings is 1. The summed E-state index contributed by atoms with van der Waals surface area (Å²) >= 11 is 1.71. The number of aromatic amines is 1. The highest BCUT2D eigenvalue weighted by Crippen LogP contribution is 2.34. The molecule has 1 aromatic carbocycles. The molecule has 0 spiro atoms. The highest BCUT2D eigenvalue weighted by atomic mass is 32.1. The maximum Gasteiger partial charge on any atom is 0.140 e. The predicted octanol–water partition coefficient (Wildman–Crippen LogP) is 4.87. The number of aromatic nitrogens is 3. The van der Waals surface area contributed by atoms with Crippen LogP contribution in [0.2, 0.25) is 0 Å². The van der Waals surface area contributed by atoms with Crippen LogP contribution in [0, 0.1) is 0 Å². The van der Waals surface area contributed by atoms with Gasteiger partial charge in [0.15, 0.2) is 0 Å². The highest BCUT2D eigenvalue weighted by Gasteiger charge is 2.15. The molecule has 0 amide bonds. The first-order valence-corrected chi connectivity index (χ1v) is 7.89. The molecule has 4 heteroatoms. The number of nitrogens with one attached hydrogen (secondary N) is 1. The summed E-state index contributed by atoms with van der Waals surface area (Å²) in [5, 5.41) is 2.08. The molecule has 0 aliphatic rings. The van der Waals surface area contributed by atoms with Crippen molar-refractivity contribution < 1.29 is 0 Å². The average molecular weight is 303 g/mol. The third-order valence-corrected chi connectivity index (χ3v) is 4.34. The van der Waals surface area contributed by atoms with E-state index in [1.54, 1.807) is 17.5 Å². The third-order valence-electron chi connectivity index (χ3n) is 3.45. The fourth-order valence-corrected chi connectivity index (χ4v) is 3.14. The smallest absolute Gasteiger partial charge is 0.140 e. The lowest BCUT2D eigenvalue weighted by molar-refractivity contribution is 1.26. The van der Waals surface area contributed by atoms with E-state index in [1.807, 2.05) is 36.5 Å². The zero-order valence-corrected chi connectivity index (χ0v) is 12.5. The van der Waals surface area contributed by atoms with Gasteiger partial charge < -0.3 is 4.98 Å². The van der Waals surface area contributed by atoms with Crippen LogP contribution in [0.25, 0.3) is 33.2 Å². The van der Waals surface area contributed by atoms with Crippen LogP contribution in [0.15, 0.2) is 72.4 Å². The van der Waals surface area contributed by atoms with Gasteiger partial charge in [0.1, 0.15) is 5.82 Å². The molecule has 4 aromatic rings. The molecule has 1 N–H and O–H groups in total. The van der Waals surface area contributed by atoms with Crippen molar-refractivity contribution in [3.8, 4) is 33.2 Å². The van der Waals surface area contributed by atoms with Gasteiger partial charge in [0.25, 0.3) is 0 Å². The lowest BCUT2D eigenvalue weighted by atomic mass is 10.1. The van der Waals surface area contributed by atoms with Crippen LogP contribution in [0.5, 0.6) is 0 Å². The molecule has 0 radical (unpaired) electrons. The number of benzene rings is 1. The number of rotatable bonds is 3. The molecule has 0 fully saturated rings. The van der Waals surface area contributed by atoms with Crippen LogP contribution < -0.4 is 0 Å². The molecule has 0 aliphatic heterocycles. The summed E-state index contributed by atoms with van der Waals surface area (Å²) in [6.07, 6.45) is 3.59. The minimum atomic E-state index is 0.843. The Bertz CT molecular complexity index is 865. The monoisotopic (exact) mass is 303 g/mol. The molecular formula is C18H13N3S. The van der Waals surface area contributed by atoms with Crippen LogP contribution >= 0.6 is 11.3 Å².